The molecular weight excluding hydrogens is 378 g/mol. The Morgan fingerprint density at radius 2 is 2.07 bits per heavy atom. The molecule has 5 atom stereocenters. The van der Waals surface area contributed by atoms with Crippen molar-refractivity contribution in [1.82, 2.24) is 0 Å². The highest BCUT2D eigenvalue weighted by Gasteiger charge is 2.55. The van der Waals surface area contributed by atoms with Crippen molar-refractivity contribution in [3.05, 3.63) is 17.2 Å². The standard InChI is InChI=1S/C21H27NO5S/c1-21-7-6-12-11(13(21)4-5-16(21)24)3-2-10-8-15(23)19(25)18(17(10)12)22-14(9-28)20(26)27/h8,11-14,22-23,25,28H,2-7,9H2,1H3,(H,26,27)/t11-,12+,13+,14?,21+/m1/s1. The van der Waals surface area contributed by atoms with Gasteiger partial charge in [0.05, 0.1) is 5.69 Å². The van der Waals surface area contributed by atoms with Gasteiger partial charge in [-0.1, -0.05) is 6.92 Å². The zero-order chi connectivity index (χ0) is 20.2. The van der Waals surface area contributed by atoms with Gasteiger partial charge in [-0.05, 0) is 67.1 Å². The number of hydrogen-bond donors (Lipinski definition) is 5. The summed E-state index contributed by atoms with van der Waals surface area (Å²) in [5.74, 6) is -0.356. The van der Waals surface area contributed by atoms with Gasteiger partial charge in [-0.15, -0.1) is 0 Å². The van der Waals surface area contributed by atoms with Gasteiger partial charge in [0.1, 0.15) is 11.8 Å². The van der Waals surface area contributed by atoms with Crippen LogP contribution >= 0.6 is 12.6 Å². The minimum Gasteiger partial charge on any atom is -0.504 e. The van der Waals surface area contributed by atoms with Crippen LogP contribution in [0, 0.1) is 17.3 Å². The number of anilines is 1. The Balaban J connectivity index is 1.78. The molecule has 0 spiro atoms. The molecule has 0 saturated heterocycles. The molecule has 3 aliphatic carbocycles. The van der Waals surface area contributed by atoms with Gasteiger partial charge >= 0.3 is 5.97 Å². The van der Waals surface area contributed by atoms with Crippen LogP contribution in [0.25, 0.3) is 0 Å². The van der Waals surface area contributed by atoms with E-state index in [4.69, 9.17) is 0 Å². The summed E-state index contributed by atoms with van der Waals surface area (Å²) >= 11 is 4.11. The van der Waals surface area contributed by atoms with Gasteiger partial charge in [0.15, 0.2) is 11.5 Å². The fourth-order valence-corrected chi connectivity index (χ4v) is 6.25. The predicted molar refractivity (Wildman–Crippen MR) is 108 cm³/mol. The normalized spacial score (nSPS) is 32.2. The number of aryl methyl sites for hydroxylation is 1. The van der Waals surface area contributed by atoms with Crippen LogP contribution in [0.15, 0.2) is 6.07 Å². The van der Waals surface area contributed by atoms with E-state index in [1.54, 1.807) is 6.07 Å². The number of aliphatic carboxylic acids is 1. The number of phenolic OH excluding ortho intramolecular Hbond substituents is 2. The second-order valence-electron chi connectivity index (χ2n) is 8.74. The van der Waals surface area contributed by atoms with Crippen molar-refractivity contribution in [2.24, 2.45) is 17.3 Å². The summed E-state index contributed by atoms with van der Waals surface area (Å²) in [6.45, 7) is 2.10. The number of ketones is 1. The minimum absolute atomic E-state index is 0.0580. The molecule has 0 heterocycles. The maximum atomic E-state index is 12.5. The van der Waals surface area contributed by atoms with Crippen LogP contribution in [0.4, 0.5) is 5.69 Å². The summed E-state index contributed by atoms with van der Waals surface area (Å²) in [5, 5.41) is 33.1. The first-order chi connectivity index (χ1) is 13.3. The molecule has 2 fully saturated rings. The van der Waals surface area contributed by atoms with Crippen LogP contribution < -0.4 is 5.32 Å². The van der Waals surface area contributed by atoms with Crippen LogP contribution in [0.2, 0.25) is 0 Å². The summed E-state index contributed by atoms with van der Waals surface area (Å²) in [4.78, 5) is 24.0. The molecule has 28 heavy (non-hydrogen) atoms. The molecule has 1 aromatic carbocycles. The summed E-state index contributed by atoms with van der Waals surface area (Å²) in [5.41, 5.74) is 1.94. The summed E-state index contributed by atoms with van der Waals surface area (Å²) in [7, 11) is 0. The average Bonchev–Trinajstić information content (AvgIpc) is 2.97. The Bertz CT molecular complexity index is 841. The third-order valence-corrected chi connectivity index (χ3v) is 7.83. The smallest absolute Gasteiger partial charge is 0.326 e. The van der Waals surface area contributed by atoms with Gasteiger partial charge in [-0.3, -0.25) is 4.79 Å². The fourth-order valence-electron chi connectivity index (χ4n) is 6.01. The second-order valence-corrected chi connectivity index (χ2v) is 9.11. The van der Waals surface area contributed by atoms with E-state index in [-0.39, 0.29) is 28.6 Å². The second kappa shape index (κ2) is 6.87. The number of hydrogen-bond acceptors (Lipinski definition) is 6. The number of nitrogens with one attached hydrogen (secondary N) is 1. The van der Waals surface area contributed by atoms with Crippen molar-refractivity contribution in [2.45, 2.75) is 57.4 Å². The highest BCUT2D eigenvalue weighted by Crippen LogP contribution is 2.61. The largest absolute Gasteiger partial charge is 0.504 e. The van der Waals surface area contributed by atoms with Gasteiger partial charge in [-0.2, -0.15) is 12.6 Å². The van der Waals surface area contributed by atoms with E-state index in [0.717, 1.165) is 43.2 Å². The number of carboxylic acids is 1. The number of carbonyl (C=O) groups excluding carboxylic acids is 1. The molecule has 4 rings (SSSR count). The van der Waals surface area contributed by atoms with Gasteiger partial charge in [0.25, 0.3) is 0 Å². The van der Waals surface area contributed by atoms with Gasteiger partial charge in [-0.25, -0.2) is 4.79 Å². The monoisotopic (exact) mass is 405 g/mol. The first-order valence-corrected chi connectivity index (χ1v) is 10.6. The fraction of sp³-hybridized carbons (Fsp3) is 0.619. The van der Waals surface area contributed by atoms with Crippen LogP contribution in [-0.4, -0.2) is 38.9 Å². The molecule has 1 unspecified atom stereocenters. The molecular formula is C21H27NO5S. The highest BCUT2D eigenvalue weighted by molar-refractivity contribution is 7.80. The predicted octanol–water partition coefficient (Wildman–Crippen LogP) is 3.32. The number of aromatic hydroxyl groups is 2. The Morgan fingerprint density at radius 3 is 2.75 bits per heavy atom. The molecule has 0 aliphatic heterocycles. The molecule has 152 valence electrons. The van der Waals surface area contributed by atoms with Gasteiger partial charge in [0.2, 0.25) is 0 Å². The summed E-state index contributed by atoms with van der Waals surface area (Å²) in [6.07, 6.45) is 4.89. The number of phenols is 2. The Labute approximate surface area is 169 Å². The number of carboxylic acid groups (broad SMARTS) is 1. The molecule has 6 nitrogen and oxygen atoms in total. The number of thiol groups is 1. The molecule has 2 saturated carbocycles. The van der Waals surface area contributed by atoms with Crippen molar-refractivity contribution < 1.29 is 24.9 Å². The van der Waals surface area contributed by atoms with Crippen molar-refractivity contribution in [3.8, 4) is 11.5 Å². The van der Waals surface area contributed by atoms with E-state index in [1.807, 2.05) is 0 Å². The van der Waals surface area contributed by atoms with E-state index >= 15 is 0 Å². The summed E-state index contributed by atoms with van der Waals surface area (Å²) in [6, 6.07) is 0.637. The van der Waals surface area contributed by atoms with E-state index in [1.165, 1.54) is 0 Å². The SMILES string of the molecule is C[C@]12CC[C@@H]3c4c(cc(O)c(O)c4NC(CS)C(=O)O)CC[C@H]3[C@@H]1CCC2=O. The topological polar surface area (TPSA) is 107 Å². The molecule has 0 aromatic heterocycles. The van der Waals surface area contributed by atoms with Crippen molar-refractivity contribution >= 4 is 30.1 Å². The van der Waals surface area contributed by atoms with Crippen molar-refractivity contribution in [3.63, 3.8) is 0 Å². The molecule has 3 aliphatic rings. The lowest BCUT2D eigenvalue weighted by Crippen LogP contribution is -2.43. The Kier molecular flexibility index (Phi) is 4.76. The lowest BCUT2D eigenvalue weighted by Gasteiger charge is -2.48. The number of benzene rings is 1. The highest BCUT2D eigenvalue weighted by atomic mass is 32.1. The maximum Gasteiger partial charge on any atom is 0.326 e. The van der Waals surface area contributed by atoms with Gasteiger partial charge < -0.3 is 20.6 Å². The molecule has 0 bridgehead atoms. The first-order valence-electron chi connectivity index (χ1n) is 9.99. The Morgan fingerprint density at radius 1 is 1.32 bits per heavy atom. The van der Waals surface area contributed by atoms with Gasteiger partial charge in [0, 0.05) is 17.6 Å². The van der Waals surface area contributed by atoms with E-state index in [0.29, 0.717) is 29.7 Å². The molecule has 0 amide bonds. The van der Waals surface area contributed by atoms with Crippen LogP contribution in [-0.2, 0) is 16.0 Å². The number of fused-ring (bicyclic) bond motifs is 5. The molecule has 0 radical (unpaired) electrons. The van der Waals surface area contributed by atoms with E-state index in [9.17, 15) is 24.9 Å². The zero-order valence-corrected chi connectivity index (χ0v) is 16.8. The van der Waals surface area contributed by atoms with Crippen LogP contribution in [0.3, 0.4) is 0 Å². The number of rotatable bonds is 4. The summed E-state index contributed by atoms with van der Waals surface area (Å²) < 4.78 is 0. The third kappa shape index (κ3) is 2.78. The molecule has 1 aromatic rings. The third-order valence-electron chi connectivity index (χ3n) is 7.47. The average molecular weight is 406 g/mol. The van der Waals surface area contributed by atoms with Crippen LogP contribution in [0.1, 0.15) is 56.1 Å². The first kappa shape index (κ1) is 19.4. The molecule has 4 N–H and O–H groups in total. The molecule has 7 heteroatoms. The zero-order valence-electron chi connectivity index (χ0n) is 15.9. The maximum absolute atomic E-state index is 12.5. The minimum atomic E-state index is -1.06. The van der Waals surface area contributed by atoms with Crippen molar-refractivity contribution in [2.75, 3.05) is 11.1 Å². The lowest BCUT2D eigenvalue weighted by molar-refractivity contribution is -0.137. The number of carbonyl (C=O) groups is 2. The van der Waals surface area contributed by atoms with Crippen LogP contribution in [0.5, 0.6) is 11.5 Å². The number of Topliss-reactive ketones (excluding diaryl/α,β-unsaturated/α-hetero) is 1. The quantitative estimate of drug-likeness (QED) is 0.389. The van der Waals surface area contributed by atoms with Crippen molar-refractivity contribution in [1.29, 1.82) is 0 Å². The van der Waals surface area contributed by atoms with E-state index in [2.05, 4.69) is 24.9 Å². The lowest BCUT2D eigenvalue weighted by atomic mass is 9.55. The van der Waals surface area contributed by atoms with E-state index < -0.39 is 12.0 Å². The Hall–Kier alpha value is -1.89.